The van der Waals surface area contributed by atoms with Gasteiger partial charge < -0.3 is 9.47 Å². The average molecular weight is 287 g/mol. The smallest absolute Gasteiger partial charge is 0.190 e. The normalized spacial score (nSPS) is 35.3. The Kier molecular flexibility index (Phi) is 3.36. The zero-order chi connectivity index (χ0) is 15.3. The van der Waals surface area contributed by atoms with Crippen molar-refractivity contribution in [2.45, 2.75) is 39.3 Å². The molecule has 3 rings (SSSR count). The highest BCUT2D eigenvalue weighted by Gasteiger charge is 2.68. The molecule has 0 bridgehead atoms. The maximum absolute atomic E-state index is 5.94. The van der Waals surface area contributed by atoms with Gasteiger partial charge in [-0.3, -0.25) is 0 Å². The van der Waals surface area contributed by atoms with Crippen LogP contribution < -0.4 is 0 Å². The van der Waals surface area contributed by atoms with E-state index in [2.05, 4.69) is 52.0 Å². The molecule has 1 saturated carbocycles. The van der Waals surface area contributed by atoms with Gasteiger partial charge >= 0.3 is 0 Å². The molecule has 0 N–H and O–H groups in total. The lowest BCUT2D eigenvalue weighted by Crippen LogP contribution is -2.25. The molecule has 1 aromatic carbocycles. The molecule has 1 aliphatic carbocycles. The Hall–Kier alpha value is -1.35. The van der Waals surface area contributed by atoms with E-state index in [1.807, 2.05) is 6.07 Å². The molecule has 21 heavy (non-hydrogen) atoms. The molecule has 4 atom stereocenters. The largest absolute Gasteiger partial charge is 0.478 e. The van der Waals surface area contributed by atoms with E-state index in [0.717, 1.165) is 5.90 Å². The molecule has 2 aliphatic rings. The van der Waals surface area contributed by atoms with Crippen molar-refractivity contribution in [3.05, 3.63) is 35.9 Å². The summed E-state index contributed by atoms with van der Waals surface area (Å²) in [7, 11) is 1.79. The van der Waals surface area contributed by atoms with Crippen LogP contribution in [-0.4, -0.2) is 25.7 Å². The summed E-state index contributed by atoms with van der Waals surface area (Å²) >= 11 is 0. The third-order valence-corrected chi connectivity index (χ3v) is 5.03. The Labute approximate surface area is 127 Å². The molecule has 0 aromatic heterocycles. The van der Waals surface area contributed by atoms with Crippen LogP contribution in [0.15, 0.2) is 35.3 Å². The van der Waals surface area contributed by atoms with Gasteiger partial charge in [-0.15, -0.1) is 0 Å². The molecule has 3 heteroatoms. The van der Waals surface area contributed by atoms with Crippen LogP contribution in [0.3, 0.4) is 0 Å². The number of hydrogen-bond donors (Lipinski definition) is 0. The van der Waals surface area contributed by atoms with Gasteiger partial charge in [-0.05, 0) is 11.0 Å². The topological polar surface area (TPSA) is 30.8 Å². The van der Waals surface area contributed by atoms with Crippen LogP contribution in [0.2, 0.25) is 0 Å². The molecule has 0 radical (unpaired) electrons. The minimum absolute atomic E-state index is 0.141. The lowest BCUT2D eigenvalue weighted by molar-refractivity contribution is 0.0581. The Morgan fingerprint density at radius 1 is 1.24 bits per heavy atom. The van der Waals surface area contributed by atoms with Gasteiger partial charge in [0.15, 0.2) is 5.90 Å². The molecular formula is C18H25NO2. The van der Waals surface area contributed by atoms with Crippen molar-refractivity contribution < 1.29 is 9.47 Å². The van der Waals surface area contributed by atoms with Gasteiger partial charge in [0, 0.05) is 13.0 Å². The first-order valence-corrected chi connectivity index (χ1v) is 7.72. The maximum Gasteiger partial charge on any atom is 0.190 e. The van der Waals surface area contributed by atoms with E-state index in [-0.39, 0.29) is 23.0 Å². The Bertz CT molecular complexity index is 546. The van der Waals surface area contributed by atoms with E-state index in [1.54, 1.807) is 7.11 Å². The summed E-state index contributed by atoms with van der Waals surface area (Å²) in [6, 6.07) is 10.7. The fraction of sp³-hybridized carbons (Fsp3) is 0.611. The minimum atomic E-state index is -0.271. The molecule has 1 fully saturated rings. The molecule has 1 aromatic rings. The predicted octanol–water partition coefficient (Wildman–Crippen LogP) is 3.64. The van der Waals surface area contributed by atoms with Crippen molar-refractivity contribution >= 4 is 5.90 Å². The van der Waals surface area contributed by atoms with Gasteiger partial charge in [0.05, 0.1) is 12.0 Å². The fourth-order valence-corrected chi connectivity index (χ4v) is 3.51. The molecule has 3 unspecified atom stereocenters. The number of nitrogens with zero attached hydrogens (tertiary/aromatic N) is 1. The van der Waals surface area contributed by atoms with Gasteiger partial charge in [0.1, 0.15) is 12.2 Å². The molecule has 3 nitrogen and oxygen atoms in total. The number of ether oxygens (including phenoxy) is 2. The number of rotatable bonds is 3. The Morgan fingerprint density at radius 2 is 1.90 bits per heavy atom. The van der Waals surface area contributed by atoms with Crippen molar-refractivity contribution in [1.82, 2.24) is 0 Å². The molecule has 0 spiro atoms. The minimum Gasteiger partial charge on any atom is -0.478 e. The maximum atomic E-state index is 5.94. The van der Waals surface area contributed by atoms with Gasteiger partial charge in [-0.1, -0.05) is 58.0 Å². The van der Waals surface area contributed by atoms with Crippen LogP contribution in [0.4, 0.5) is 0 Å². The summed E-state index contributed by atoms with van der Waals surface area (Å²) in [5.74, 6) is 1.51. The standard InChI is InChI=1S/C18H25NO2/c1-12-15(16-19-14(11-21-16)17(2,3)4)18(12,20-5)13-9-7-6-8-10-13/h6-10,12,14-15H,11H2,1-5H3/t12?,14-,15?,18?/m1/s1. The van der Waals surface area contributed by atoms with Gasteiger partial charge in [-0.25, -0.2) is 4.99 Å². The fourth-order valence-electron chi connectivity index (χ4n) is 3.51. The summed E-state index contributed by atoms with van der Waals surface area (Å²) in [6.45, 7) is 9.55. The second-order valence-electron chi connectivity index (χ2n) is 7.29. The van der Waals surface area contributed by atoms with Crippen molar-refractivity contribution in [3.63, 3.8) is 0 Å². The first-order valence-electron chi connectivity index (χ1n) is 7.72. The summed E-state index contributed by atoms with van der Waals surface area (Å²) in [5, 5.41) is 0. The number of hydrogen-bond acceptors (Lipinski definition) is 3. The first kappa shape index (κ1) is 14.6. The second-order valence-corrected chi connectivity index (χ2v) is 7.29. The highest BCUT2D eigenvalue weighted by molar-refractivity contribution is 5.86. The van der Waals surface area contributed by atoms with E-state index in [0.29, 0.717) is 12.5 Å². The van der Waals surface area contributed by atoms with E-state index in [1.165, 1.54) is 5.56 Å². The quantitative estimate of drug-likeness (QED) is 0.850. The molecule has 0 saturated heterocycles. The number of benzene rings is 1. The third-order valence-electron chi connectivity index (χ3n) is 5.03. The predicted molar refractivity (Wildman–Crippen MR) is 84.4 cm³/mol. The van der Waals surface area contributed by atoms with Crippen molar-refractivity contribution in [2.75, 3.05) is 13.7 Å². The van der Waals surface area contributed by atoms with Crippen LogP contribution >= 0.6 is 0 Å². The lowest BCUT2D eigenvalue weighted by atomic mass is 9.88. The average Bonchev–Trinajstić information content (AvgIpc) is 2.84. The van der Waals surface area contributed by atoms with Crippen LogP contribution in [0.25, 0.3) is 0 Å². The van der Waals surface area contributed by atoms with E-state index in [4.69, 9.17) is 14.5 Å². The summed E-state index contributed by atoms with van der Waals surface area (Å²) < 4.78 is 11.9. The number of methoxy groups -OCH3 is 1. The molecule has 114 valence electrons. The summed E-state index contributed by atoms with van der Waals surface area (Å²) in [6.07, 6.45) is 0. The highest BCUT2D eigenvalue weighted by atomic mass is 16.5. The van der Waals surface area contributed by atoms with E-state index < -0.39 is 0 Å². The van der Waals surface area contributed by atoms with E-state index >= 15 is 0 Å². The van der Waals surface area contributed by atoms with Crippen LogP contribution in [0.5, 0.6) is 0 Å². The van der Waals surface area contributed by atoms with Gasteiger partial charge in [0.25, 0.3) is 0 Å². The van der Waals surface area contributed by atoms with Crippen LogP contribution in [-0.2, 0) is 15.1 Å². The van der Waals surface area contributed by atoms with Crippen molar-refractivity contribution in [1.29, 1.82) is 0 Å². The molecule has 1 aliphatic heterocycles. The van der Waals surface area contributed by atoms with E-state index in [9.17, 15) is 0 Å². The number of aliphatic imine (C=N–C) groups is 1. The third kappa shape index (κ3) is 2.18. The molecule has 0 amide bonds. The zero-order valence-corrected chi connectivity index (χ0v) is 13.6. The van der Waals surface area contributed by atoms with Gasteiger partial charge in [0.2, 0.25) is 0 Å². The lowest BCUT2D eigenvalue weighted by Gasteiger charge is -2.21. The second kappa shape index (κ2) is 4.84. The Morgan fingerprint density at radius 3 is 2.43 bits per heavy atom. The molecule has 1 heterocycles. The first-order chi connectivity index (χ1) is 9.91. The summed E-state index contributed by atoms with van der Waals surface area (Å²) in [5.41, 5.74) is 1.09. The summed E-state index contributed by atoms with van der Waals surface area (Å²) in [4.78, 5) is 4.85. The monoisotopic (exact) mass is 287 g/mol. The Balaban J connectivity index is 1.88. The molecular weight excluding hydrogens is 262 g/mol. The highest BCUT2D eigenvalue weighted by Crippen LogP contribution is 2.61. The zero-order valence-electron chi connectivity index (χ0n) is 13.6. The van der Waals surface area contributed by atoms with Crippen LogP contribution in [0, 0.1) is 17.3 Å². The van der Waals surface area contributed by atoms with Crippen LogP contribution in [0.1, 0.15) is 33.3 Å². The SMILES string of the molecule is COC1(c2ccccc2)C(C)C1C1=N[C@@H](C(C)(C)C)CO1. The van der Waals surface area contributed by atoms with Gasteiger partial charge in [-0.2, -0.15) is 0 Å². The van der Waals surface area contributed by atoms with Crippen molar-refractivity contribution in [2.24, 2.45) is 22.2 Å². The van der Waals surface area contributed by atoms with Crippen molar-refractivity contribution in [3.8, 4) is 0 Å².